The van der Waals surface area contributed by atoms with Gasteiger partial charge in [-0.25, -0.2) is 4.79 Å². The van der Waals surface area contributed by atoms with Crippen LogP contribution in [0.1, 0.15) is 24.0 Å². The molecule has 3 unspecified atom stereocenters. The number of carbonyl (C=O) groups is 3. The maximum Gasteiger partial charge on any atom is 0.416 e. The lowest BCUT2D eigenvalue weighted by atomic mass is 9.76. The van der Waals surface area contributed by atoms with Gasteiger partial charge in [-0.2, -0.15) is 13.2 Å². The van der Waals surface area contributed by atoms with Gasteiger partial charge in [0.05, 0.1) is 25.7 Å². The van der Waals surface area contributed by atoms with E-state index in [0.29, 0.717) is 6.07 Å². The fraction of sp³-hybridized carbons (Fsp3) is 0.438. The monoisotopic (exact) mass is 391 g/mol. The lowest BCUT2D eigenvalue weighted by Crippen LogP contribution is -2.45. The van der Waals surface area contributed by atoms with Gasteiger partial charge in [0, 0.05) is 4.92 Å². The molecule has 0 spiro atoms. The minimum Gasteiger partial charge on any atom is -0.468 e. The van der Waals surface area contributed by atoms with E-state index in [-0.39, 0.29) is 0 Å². The van der Waals surface area contributed by atoms with Gasteiger partial charge in [0.2, 0.25) is 0 Å². The summed E-state index contributed by atoms with van der Waals surface area (Å²) in [4.78, 5) is 46.3. The highest BCUT2D eigenvalue weighted by atomic mass is 19.4. The Bertz CT molecular complexity index is 714. The van der Waals surface area contributed by atoms with Crippen LogP contribution in [0.3, 0.4) is 0 Å². The van der Waals surface area contributed by atoms with E-state index in [1.807, 2.05) is 0 Å². The Morgan fingerprint density at radius 2 is 1.59 bits per heavy atom. The average molecular weight is 391 g/mol. The minimum atomic E-state index is -4.95. The molecule has 1 aromatic carbocycles. The van der Waals surface area contributed by atoms with Crippen molar-refractivity contribution in [3.05, 3.63) is 45.5 Å². The summed E-state index contributed by atoms with van der Waals surface area (Å²) in [7, 11) is 1.66. The van der Waals surface area contributed by atoms with E-state index in [9.17, 15) is 37.7 Å². The quantitative estimate of drug-likeness (QED) is 0.302. The molecule has 8 nitrogen and oxygen atoms in total. The summed E-state index contributed by atoms with van der Waals surface area (Å²) in [6, 6.07) is 1.23. The van der Waals surface area contributed by atoms with Crippen LogP contribution in [-0.2, 0) is 30.0 Å². The Balaban J connectivity index is 3.85. The predicted octanol–water partition coefficient (Wildman–Crippen LogP) is 1.99. The number of hydrogen-bond donors (Lipinski definition) is 0. The van der Waals surface area contributed by atoms with Crippen molar-refractivity contribution in [3.63, 3.8) is 0 Å². The van der Waals surface area contributed by atoms with Gasteiger partial charge < -0.3 is 9.47 Å². The second-order valence-corrected chi connectivity index (χ2v) is 5.48. The number of ketones is 1. The Morgan fingerprint density at radius 1 is 1.07 bits per heavy atom. The zero-order valence-corrected chi connectivity index (χ0v) is 14.5. The molecule has 0 aliphatic carbocycles. The Labute approximate surface area is 151 Å². The number of carbonyl (C=O) groups excluding carboxylic acids is 3. The van der Waals surface area contributed by atoms with E-state index >= 15 is 0 Å². The molecule has 0 N–H and O–H groups in total. The summed E-state index contributed by atoms with van der Waals surface area (Å²) >= 11 is 0. The van der Waals surface area contributed by atoms with Crippen LogP contribution >= 0.6 is 0 Å². The van der Waals surface area contributed by atoms with Crippen molar-refractivity contribution in [3.8, 4) is 0 Å². The molecular weight excluding hydrogens is 375 g/mol. The maximum absolute atomic E-state index is 13.4. The third-order valence-electron chi connectivity index (χ3n) is 3.89. The maximum atomic E-state index is 13.4. The molecule has 0 amide bonds. The van der Waals surface area contributed by atoms with E-state index in [2.05, 4.69) is 9.47 Å². The zero-order chi connectivity index (χ0) is 20.9. The van der Waals surface area contributed by atoms with Crippen molar-refractivity contribution in [1.82, 2.24) is 0 Å². The summed E-state index contributed by atoms with van der Waals surface area (Å²) in [5.41, 5.74) is -2.08. The molecule has 0 radical (unpaired) electrons. The van der Waals surface area contributed by atoms with Crippen molar-refractivity contribution in [1.29, 1.82) is 0 Å². The first kappa shape index (κ1) is 22.1. The molecule has 0 saturated carbocycles. The fourth-order valence-electron chi connectivity index (χ4n) is 2.75. The van der Waals surface area contributed by atoms with Crippen LogP contribution in [0.5, 0.6) is 0 Å². The van der Waals surface area contributed by atoms with Crippen molar-refractivity contribution in [2.75, 3.05) is 14.2 Å². The first-order valence-electron chi connectivity index (χ1n) is 7.43. The second-order valence-electron chi connectivity index (χ2n) is 5.48. The summed E-state index contributed by atoms with van der Waals surface area (Å²) in [5.74, 6) is -7.92. The van der Waals surface area contributed by atoms with Crippen LogP contribution in [0.25, 0.3) is 0 Å². The molecule has 0 aliphatic rings. The van der Waals surface area contributed by atoms with Gasteiger partial charge in [-0.1, -0.05) is 18.2 Å². The molecule has 0 aliphatic heterocycles. The van der Waals surface area contributed by atoms with Gasteiger partial charge in [0.1, 0.15) is 11.7 Å². The van der Waals surface area contributed by atoms with Crippen LogP contribution in [-0.4, -0.2) is 42.9 Å². The summed E-state index contributed by atoms with van der Waals surface area (Å²) < 4.78 is 49.0. The number of hydrogen-bond acceptors (Lipinski definition) is 7. The van der Waals surface area contributed by atoms with E-state index in [1.165, 1.54) is 0 Å². The van der Waals surface area contributed by atoms with Gasteiger partial charge in [-0.05, 0) is 18.6 Å². The van der Waals surface area contributed by atoms with Gasteiger partial charge in [0.15, 0.2) is 0 Å². The molecule has 11 heteroatoms. The average Bonchev–Trinajstić information content (AvgIpc) is 2.59. The molecule has 0 aromatic heterocycles. The van der Waals surface area contributed by atoms with Crippen LogP contribution in [0.4, 0.5) is 13.2 Å². The number of alkyl halides is 3. The Morgan fingerprint density at radius 3 is 2.00 bits per heavy atom. The summed E-state index contributed by atoms with van der Waals surface area (Å²) in [6.07, 6.45) is -4.95. The molecule has 1 aromatic rings. The molecule has 0 heterocycles. The standard InChI is InChI=1S/C16H16F3NO7/c1-8(21)11(14(22)26-2)12(13(20(24)25)15(23)27-3)9-6-4-5-7-10(9)16(17,18)19/h4-7,11-13H,1-3H3. The van der Waals surface area contributed by atoms with Gasteiger partial charge >= 0.3 is 24.2 Å². The van der Waals surface area contributed by atoms with Gasteiger partial charge in [-0.15, -0.1) is 0 Å². The number of benzene rings is 1. The molecular formula is C16H16F3NO7. The lowest BCUT2D eigenvalue weighted by Gasteiger charge is -2.27. The third-order valence-corrected chi connectivity index (χ3v) is 3.89. The van der Waals surface area contributed by atoms with Crippen molar-refractivity contribution < 1.29 is 42.0 Å². The summed E-state index contributed by atoms with van der Waals surface area (Å²) in [5, 5.41) is 11.5. The molecule has 27 heavy (non-hydrogen) atoms. The molecule has 0 saturated heterocycles. The molecule has 3 atom stereocenters. The predicted molar refractivity (Wildman–Crippen MR) is 83.2 cm³/mol. The minimum absolute atomic E-state index is 0.630. The first-order chi connectivity index (χ1) is 12.5. The summed E-state index contributed by atoms with van der Waals surface area (Å²) in [6.45, 7) is 0.860. The molecule has 1 rings (SSSR count). The molecule has 0 bridgehead atoms. The Kier molecular flexibility index (Phi) is 7.03. The van der Waals surface area contributed by atoms with Gasteiger partial charge in [-0.3, -0.25) is 19.7 Å². The molecule has 0 fully saturated rings. The lowest BCUT2D eigenvalue weighted by molar-refractivity contribution is -0.515. The topological polar surface area (TPSA) is 113 Å². The first-order valence-corrected chi connectivity index (χ1v) is 7.43. The zero-order valence-electron chi connectivity index (χ0n) is 14.5. The second kappa shape index (κ2) is 8.60. The number of nitrogens with zero attached hydrogens (tertiary/aromatic N) is 1. The fourth-order valence-corrected chi connectivity index (χ4v) is 2.75. The van der Waals surface area contributed by atoms with Crippen LogP contribution in [0.2, 0.25) is 0 Å². The van der Waals surface area contributed by atoms with Crippen LogP contribution < -0.4 is 0 Å². The van der Waals surface area contributed by atoms with Crippen molar-refractivity contribution >= 4 is 17.7 Å². The Hall–Kier alpha value is -2.98. The van der Waals surface area contributed by atoms with Crippen molar-refractivity contribution in [2.45, 2.75) is 25.1 Å². The highest BCUT2D eigenvalue weighted by molar-refractivity contribution is 5.99. The highest BCUT2D eigenvalue weighted by Crippen LogP contribution is 2.40. The van der Waals surface area contributed by atoms with E-state index < -0.39 is 57.8 Å². The van der Waals surface area contributed by atoms with Crippen LogP contribution in [0.15, 0.2) is 24.3 Å². The van der Waals surface area contributed by atoms with Crippen LogP contribution in [0, 0.1) is 16.0 Å². The number of Topliss-reactive ketones (excluding diaryl/α,β-unsaturated/α-hetero) is 1. The number of ether oxygens (including phenoxy) is 2. The highest BCUT2D eigenvalue weighted by Gasteiger charge is 2.52. The molecule has 148 valence electrons. The number of methoxy groups -OCH3 is 2. The van der Waals surface area contributed by atoms with E-state index in [1.54, 1.807) is 0 Å². The normalized spacial score (nSPS) is 14.6. The third kappa shape index (κ3) is 4.80. The van der Waals surface area contributed by atoms with Crippen molar-refractivity contribution in [2.24, 2.45) is 5.92 Å². The van der Waals surface area contributed by atoms with E-state index in [0.717, 1.165) is 39.3 Å². The number of halogens is 3. The van der Waals surface area contributed by atoms with Gasteiger partial charge in [0.25, 0.3) is 0 Å². The van der Waals surface area contributed by atoms with E-state index in [4.69, 9.17) is 0 Å². The number of esters is 2. The largest absolute Gasteiger partial charge is 0.468 e. The number of nitro groups is 1. The smallest absolute Gasteiger partial charge is 0.416 e. The number of rotatable bonds is 7. The SMILES string of the molecule is COC(=O)C(C(C)=O)C(c1ccccc1C(F)(F)F)C(C(=O)OC)[N+](=O)[O-].